The number of alkyl halides is 1. The highest BCUT2D eigenvalue weighted by molar-refractivity contribution is 9.09. The molecule has 1 atom stereocenters. The zero-order valence-corrected chi connectivity index (χ0v) is 11.3. The molecule has 0 aromatic carbocycles. The van der Waals surface area contributed by atoms with Gasteiger partial charge in [0.25, 0.3) is 0 Å². The molecule has 1 fully saturated rings. The van der Waals surface area contributed by atoms with Crippen LogP contribution in [0, 0.1) is 5.92 Å². The topological polar surface area (TPSA) is 12.9 Å². The van der Waals surface area contributed by atoms with Crippen molar-refractivity contribution in [2.45, 2.75) is 49.8 Å². The normalized spacial score (nSPS) is 20.3. The molecule has 1 saturated carbocycles. The number of rotatable bonds is 3. The van der Waals surface area contributed by atoms with Crippen LogP contribution < -0.4 is 0 Å². The second-order valence-corrected chi connectivity index (χ2v) is 5.97. The van der Waals surface area contributed by atoms with Gasteiger partial charge in [-0.25, -0.2) is 0 Å². The number of pyridine rings is 1. The third-order valence-corrected chi connectivity index (χ3v) is 4.61. The quantitative estimate of drug-likeness (QED) is 0.593. The molecule has 2 heteroatoms. The summed E-state index contributed by atoms with van der Waals surface area (Å²) in [6.07, 6.45) is 11.4. The Hall–Kier alpha value is -0.370. The fraction of sp³-hybridized carbons (Fsp3) is 0.643. The van der Waals surface area contributed by atoms with E-state index in [1.165, 1.54) is 44.2 Å². The van der Waals surface area contributed by atoms with E-state index < -0.39 is 0 Å². The molecular weight excluding hydrogens is 262 g/mol. The largest absolute Gasteiger partial charge is 0.261 e. The SMILES string of the molecule is BrC(Cc1ccccn1)C1CCCCCC1. The Morgan fingerprint density at radius 2 is 1.94 bits per heavy atom. The Morgan fingerprint density at radius 1 is 1.19 bits per heavy atom. The molecule has 0 radical (unpaired) electrons. The monoisotopic (exact) mass is 281 g/mol. The summed E-state index contributed by atoms with van der Waals surface area (Å²) in [5.41, 5.74) is 1.22. The average Bonchev–Trinajstić information content (AvgIpc) is 2.59. The van der Waals surface area contributed by atoms with Crippen molar-refractivity contribution < 1.29 is 0 Å². The Labute approximate surface area is 107 Å². The molecule has 0 amide bonds. The summed E-state index contributed by atoms with van der Waals surface area (Å²) in [7, 11) is 0. The third kappa shape index (κ3) is 3.58. The lowest BCUT2D eigenvalue weighted by Crippen LogP contribution is -2.17. The van der Waals surface area contributed by atoms with Crippen LogP contribution in [0.15, 0.2) is 24.4 Å². The summed E-state index contributed by atoms with van der Waals surface area (Å²) in [5, 5.41) is 0. The predicted molar refractivity (Wildman–Crippen MR) is 71.8 cm³/mol. The van der Waals surface area contributed by atoms with Crippen LogP contribution in [0.2, 0.25) is 0 Å². The van der Waals surface area contributed by atoms with E-state index >= 15 is 0 Å². The van der Waals surface area contributed by atoms with Gasteiger partial charge in [-0.15, -0.1) is 0 Å². The molecule has 2 rings (SSSR count). The maximum atomic E-state index is 4.41. The third-order valence-electron chi connectivity index (χ3n) is 3.54. The van der Waals surface area contributed by atoms with Crippen LogP contribution in [0.3, 0.4) is 0 Å². The number of hydrogen-bond acceptors (Lipinski definition) is 1. The molecule has 1 aromatic heterocycles. The van der Waals surface area contributed by atoms with Gasteiger partial charge in [0.15, 0.2) is 0 Å². The van der Waals surface area contributed by atoms with Crippen molar-refractivity contribution in [3.63, 3.8) is 0 Å². The zero-order valence-electron chi connectivity index (χ0n) is 9.74. The summed E-state index contributed by atoms with van der Waals surface area (Å²) >= 11 is 3.87. The van der Waals surface area contributed by atoms with Crippen molar-refractivity contribution in [3.8, 4) is 0 Å². The fourth-order valence-electron chi connectivity index (χ4n) is 2.56. The molecule has 0 aliphatic heterocycles. The average molecular weight is 282 g/mol. The van der Waals surface area contributed by atoms with E-state index in [-0.39, 0.29) is 0 Å². The standard InChI is InChI=1S/C14H20BrN/c15-14(11-13-9-5-6-10-16-13)12-7-3-1-2-4-8-12/h5-6,9-10,12,14H,1-4,7-8,11H2. The molecule has 1 heterocycles. The van der Waals surface area contributed by atoms with Crippen LogP contribution in [0.25, 0.3) is 0 Å². The molecule has 1 unspecified atom stereocenters. The molecule has 0 bridgehead atoms. The molecule has 88 valence electrons. The number of halogens is 1. The predicted octanol–water partition coefficient (Wildman–Crippen LogP) is 4.36. The van der Waals surface area contributed by atoms with Crippen LogP contribution in [0.5, 0.6) is 0 Å². The van der Waals surface area contributed by atoms with Gasteiger partial charge in [-0.05, 0) is 30.9 Å². The molecule has 1 aliphatic rings. The van der Waals surface area contributed by atoms with Gasteiger partial charge in [0.1, 0.15) is 0 Å². The van der Waals surface area contributed by atoms with Gasteiger partial charge in [-0.1, -0.05) is 47.7 Å². The van der Waals surface area contributed by atoms with Crippen molar-refractivity contribution in [3.05, 3.63) is 30.1 Å². The lowest BCUT2D eigenvalue weighted by Gasteiger charge is -2.20. The van der Waals surface area contributed by atoms with Crippen LogP contribution in [0.4, 0.5) is 0 Å². The highest BCUT2D eigenvalue weighted by Crippen LogP contribution is 2.30. The highest BCUT2D eigenvalue weighted by Gasteiger charge is 2.20. The molecule has 16 heavy (non-hydrogen) atoms. The molecule has 0 N–H and O–H groups in total. The van der Waals surface area contributed by atoms with Gasteiger partial charge in [-0.2, -0.15) is 0 Å². The maximum absolute atomic E-state index is 4.41. The van der Waals surface area contributed by atoms with E-state index in [1.807, 2.05) is 12.3 Å². The minimum atomic E-state index is 0.612. The first-order valence-electron chi connectivity index (χ1n) is 6.40. The van der Waals surface area contributed by atoms with Crippen molar-refractivity contribution in [2.24, 2.45) is 5.92 Å². The first-order valence-corrected chi connectivity index (χ1v) is 7.32. The van der Waals surface area contributed by atoms with Crippen LogP contribution in [0.1, 0.15) is 44.2 Å². The molecular formula is C14H20BrN. The highest BCUT2D eigenvalue weighted by atomic mass is 79.9. The Bertz CT molecular complexity index is 291. The lowest BCUT2D eigenvalue weighted by atomic mass is 9.94. The van der Waals surface area contributed by atoms with Crippen molar-refractivity contribution >= 4 is 15.9 Å². The fourth-order valence-corrected chi connectivity index (χ4v) is 3.42. The van der Waals surface area contributed by atoms with E-state index in [1.54, 1.807) is 0 Å². The van der Waals surface area contributed by atoms with E-state index in [4.69, 9.17) is 0 Å². The van der Waals surface area contributed by atoms with Crippen LogP contribution in [-0.2, 0) is 6.42 Å². The molecule has 1 aliphatic carbocycles. The number of nitrogens with zero attached hydrogens (tertiary/aromatic N) is 1. The van der Waals surface area contributed by atoms with Crippen LogP contribution >= 0.6 is 15.9 Å². The van der Waals surface area contributed by atoms with E-state index in [0.717, 1.165) is 12.3 Å². The number of aromatic nitrogens is 1. The van der Waals surface area contributed by atoms with Gasteiger partial charge in [0.2, 0.25) is 0 Å². The van der Waals surface area contributed by atoms with Gasteiger partial charge >= 0.3 is 0 Å². The maximum Gasteiger partial charge on any atom is 0.0414 e. The lowest BCUT2D eigenvalue weighted by molar-refractivity contribution is 0.443. The van der Waals surface area contributed by atoms with E-state index in [9.17, 15) is 0 Å². The van der Waals surface area contributed by atoms with Crippen molar-refractivity contribution in [2.75, 3.05) is 0 Å². The molecule has 0 saturated heterocycles. The van der Waals surface area contributed by atoms with Crippen molar-refractivity contribution in [1.82, 2.24) is 4.98 Å². The first kappa shape index (κ1) is 12.1. The summed E-state index contributed by atoms with van der Waals surface area (Å²) in [6, 6.07) is 6.19. The first-order chi connectivity index (χ1) is 7.86. The van der Waals surface area contributed by atoms with Crippen molar-refractivity contribution in [1.29, 1.82) is 0 Å². The molecule has 0 spiro atoms. The zero-order chi connectivity index (χ0) is 11.2. The van der Waals surface area contributed by atoms with E-state index in [2.05, 4.69) is 33.0 Å². The van der Waals surface area contributed by atoms with Gasteiger partial charge in [0.05, 0.1) is 0 Å². The van der Waals surface area contributed by atoms with Gasteiger partial charge in [0, 0.05) is 23.1 Å². The minimum absolute atomic E-state index is 0.612. The summed E-state index contributed by atoms with van der Waals surface area (Å²) < 4.78 is 0. The second-order valence-electron chi connectivity index (χ2n) is 4.79. The smallest absolute Gasteiger partial charge is 0.0414 e. The van der Waals surface area contributed by atoms with Crippen LogP contribution in [-0.4, -0.2) is 9.81 Å². The molecule has 1 nitrogen and oxygen atoms in total. The van der Waals surface area contributed by atoms with E-state index in [0.29, 0.717) is 4.83 Å². The van der Waals surface area contributed by atoms with Gasteiger partial charge < -0.3 is 0 Å². The second kappa shape index (κ2) is 6.39. The van der Waals surface area contributed by atoms with Gasteiger partial charge in [-0.3, -0.25) is 4.98 Å². The Morgan fingerprint density at radius 3 is 2.56 bits per heavy atom. The Balaban J connectivity index is 1.89. The summed E-state index contributed by atoms with van der Waals surface area (Å²) in [4.78, 5) is 5.02. The summed E-state index contributed by atoms with van der Waals surface area (Å²) in [6.45, 7) is 0. The summed E-state index contributed by atoms with van der Waals surface area (Å²) in [5.74, 6) is 0.851. The molecule has 1 aromatic rings. The Kier molecular flexibility index (Phi) is 4.83. The minimum Gasteiger partial charge on any atom is -0.261 e. The number of hydrogen-bond donors (Lipinski definition) is 0.